The Morgan fingerprint density at radius 1 is 1.53 bits per heavy atom. The molecule has 0 unspecified atom stereocenters. The van der Waals surface area contributed by atoms with Crippen LogP contribution in [0.4, 0.5) is 0 Å². The summed E-state index contributed by atoms with van der Waals surface area (Å²) in [5.41, 5.74) is 1.22. The van der Waals surface area contributed by atoms with E-state index in [4.69, 9.17) is 4.74 Å². The van der Waals surface area contributed by atoms with Crippen molar-refractivity contribution in [2.24, 2.45) is 0 Å². The third kappa shape index (κ3) is 3.00. The number of methoxy groups -OCH3 is 1. The fourth-order valence-electron chi connectivity index (χ4n) is 2.01. The topological polar surface area (TPSA) is 25.4 Å². The summed E-state index contributed by atoms with van der Waals surface area (Å²) in [6.45, 7) is 5.33. The molecule has 0 radical (unpaired) electrons. The van der Waals surface area contributed by atoms with E-state index < -0.39 is 0 Å². The molecule has 0 aliphatic carbocycles. The van der Waals surface area contributed by atoms with E-state index >= 15 is 0 Å². The summed E-state index contributed by atoms with van der Waals surface area (Å²) in [7, 11) is 1.81. The zero-order chi connectivity index (χ0) is 10.7. The smallest absolute Gasteiger partial charge is 0.0897 e. The molecule has 1 saturated heterocycles. The number of piperidine rings is 1. The minimum Gasteiger partial charge on any atom is -0.381 e. The number of hydrogen-bond acceptors (Lipinski definition) is 4. The number of rotatable bonds is 3. The van der Waals surface area contributed by atoms with Gasteiger partial charge in [-0.15, -0.1) is 11.3 Å². The van der Waals surface area contributed by atoms with Gasteiger partial charge >= 0.3 is 0 Å². The zero-order valence-electron chi connectivity index (χ0n) is 9.40. The molecule has 3 nitrogen and oxygen atoms in total. The van der Waals surface area contributed by atoms with Crippen LogP contribution in [0.1, 0.15) is 23.5 Å². The second kappa shape index (κ2) is 5.05. The van der Waals surface area contributed by atoms with E-state index in [1.165, 1.54) is 5.69 Å². The van der Waals surface area contributed by atoms with Crippen molar-refractivity contribution >= 4 is 11.3 Å². The Kier molecular flexibility index (Phi) is 3.72. The van der Waals surface area contributed by atoms with Crippen LogP contribution in [-0.2, 0) is 11.3 Å². The van der Waals surface area contributed by atoms with Gasteiger partial charge in [-0.25, -0.2) is 4.98 Å². The molecule has 0 spiro atoms. The monoisotopic (exact) mass is 226 g/mol. The summed E-state index contributed by atoms with van der Waals surface area (Å²) in [4.78, 5) is 6.95. The highest BCUT2D eigenvalue weighted by atomic mass is 32.1. The van der Waals surface area contributed by atoms with Gasteiger partial charge in [-0.2, -0.15) is 0 Å². The second-order valence-electron chi connectivity index (χ2n) is 4.07. The van der Waals surface area contributed by atoms with E-state index in [1.54, 1.807) is 11.3 Å². The fraction of sp³-hybridized carbons (Fsp3) is 0.727. The van der Waals surface area contributed by atoms with Crippen molar-refractivity contribution in [1.29, 1.82) is 0 Å². The van der Waals surface area contributed by atoms with Crippen molar-refractivity contribution in [3.05, 3.63) is 16.1 Å². The maximum Gasteiger partial charge on any atom is 0.0897 e. The number of likely N-dealkylation sites (tertiary alicyclic amines) is 1. The molecule has 1 aliphatic rings. The first-order chi connectivity index (χ1) is 7.28. The summed E-state index contributed by atoms with van der Waals surface area (Å²) >= 11 is 1.74. The summed E-state index contributed by atoms with van der Waals surface area (Å²) in [6, 6.07) is 0. The van der Waals surface area contributed by atoms with Gasteiger partial charge in [0.05, 0.1) is 16.8 Å². The molecule has 1 aliphatic heterocycles. The van der Waals surface area contributed by atoms with Crippen molar-refractivity contribution in [2.75, 3.05) is 20.2 Å². The van der Waals surface area contributed by atoms with Crippen LogP contribution in [0.25, 0.3) is 0 Å². The Labute approximate surface area is 95.1 Å². The lowest BCUT2D eigenvalue weighted by molar-refractivity contribution is 0.0385. The molecular formula is C11H18N2OS. The summed E-state index contributed by atoms with van der Waals surface area (Å²) in [5, 5.41) is 3.33. The molecule has 0 bridgehead atoms. The lowest BCUT2D eigenvalue weighted by atomic mass is 10.1. The molecule has 1 aromatic rings. The molecule has 0 saturated carbocycles. The van der Waals surface area contributed by atoms with Crippen molar-refractivity contribution in [2.45, 2.75) is 32.4 Å². The first-order valence-corrected chi connectivity index (χ1v) is 6.32. The Bertz CT molecular complexity index is 305. The average molecular weight is 226 g/mol. The molecule has 0 amide bonds. The highest BCUT2D eigenvalue weighted by Gasteiger charge is 2.18. The van der Waals surface area contributed by atoms with Gasteiger partial charge < -0.3 is 4.74 Å². The first-order valence-electron chi connectivity index (χ1n) is 5.44. The maximum atomic E-state index is 5.35. The van der Waals surface area contributed by atoms with Gasteiger partial charge in [-0.3, -0.25) is 4.90 Å². The molecule has 4 heteroatoms. The molecule has 84 valence electrons. The van der Waals surface area contributed by atoms with Crippen molar-refractivity contribution < 1.29 is 4.74 Å². The van der Waals surface area contributed by atoms with Crippen molar-refractivity contribution in [1.82, 2.24) is 9.88 Å². The van der Waals surface area contributed by atoms with Crippen LogP contribution >= 0.6 is 11.3 Å². The van der Waals surface area contributed by atoms with E-state index in [2.05, 4.69) is 22.2 Å². The SMILES string of the molecule is COC1CCN(Cc2csc(C)n2)CC1. The Hall–Kier alpha value is -0.450. The summed E-state index contributed by atoms with van der Waals surface area (Å²) < 4.78 is 5.35. The molecule has 2 heterocycles. The fourth-order valence-corrected chi connectivity index (χ4v) is 2.62. The molecule has 2 rings (SSSR count). The predicted octanol–water partition coefficient (Wildman–Crippen LogP) is 2.06. The van der Waals surface area contributed by atoms with Crippen molar-refractivity contribution in [3.8, 4) is 0 Å². The van der Waals surface area contributed by atoms with Crippen LogP contribution < -0.4 is 0 Å². The molecule has 1 fully saturated rings. The first kappa shape index (κ1) is 11.0. The molecular weight excluding hydrogens is 208 g/mol. The molecule has 0 aromatic carbocycles. The van der Waals surface area contributed by atoms with Crippen LogP contribution in [0, 0.1) is 6.92 Å². The number of nitrogens with zero attached hydrogens (tertiary/aromatic N) is 2. The van der Waals surface area contributed by atoms with Crippen LogP contribution in [-0.4, -0.2) is 36.2 Å². The highest BCUT2D eigenvalue weighted by Crippen LogP contribution is 2.16. The predicted molar refractivity (Wildman–Crippen MR) is 62.2 cm³/mol. The minimum atomic E-state index is 0.471. The average Bonchev–Trinajstić information content (AvgIpc) is 2.65. The van der Waals surface area contributed by atoms with Gasteiger partial charge in [0.2, 0.25) is 0 Å². The quantitative estimate of drug-likeness (QED) is 0.789. The normalized spacial score (nSPS) is 19.6. The van der Waals surface area contributed by atoms with Gasteiger partial charge in [-0.1, -0.05) is 0 Å². The third-order valence-electron chi connectivity index (χ3n) is 2.92. The highest BCUT2D eigenvalue weighted by molar-refractivity contribution is 7.09. The Morgan fingerprint density at radius 2 is 2.27 bits per heavy atom. The number of aromatic nitrogens is 1. The number of aryl methyl sites for hydroxylation is 1. The maximum absolute atomic E-state index is 5.35. The van der Waals surface area contributed by atoms with Crippen molar-refractivity contribution in [3.63, 3.8) is 0 Å². The van der Waals surface area contributed by atoms with Crippen LogP contribution in [0.2, 0.25) is 0 Å². The largest absolute Gasteiger partial charge is 0.381 e. The van der Waals surface area contributed by atoms with Gasteiger partial charge in [0.1, 0.15) is 0 Å². The number of thiazole rings is 1. The van der Waals surface area contributed by atoms with Crippen LogP contribution in [0.15, 0.2) is 5.38 Å². The van der Waals surface area contributed by atoms with Gasteiger partial charge in [0.25, 0.3) is 0 Å². The zero-order valence-corrected chi connectivity index (χ0v) is 10.2. The van der Waals surface area contributed by atoms with E-state index in [9.17, 15) is 0 Å². The van der Waals surface area contributed by atoms with E-state index in [0.717, 1.165) is 37.5 Å². The third-order valence-corrected chi connectivity index (χ3v) is 3.74. The Morgan fingerprint density at radius 3 is 2.80 bits per heavy atom. The van der Waals surface area contributed by atoms with Crippen LogP contribution in [0.5, 0.6) is 0 Å². The summed E-state index contributed by atoms with van der Waals surface area (Å²) in [6.07, 6.45) is 2.78. The molecule has 0 N–H and O–H groups in total. The van der Waals surface area contributed by atoms with Gasteiger partial charge in [0.15, 0.2) is 0 Å². The van der Waals surface area contributed by atoms with Gasteiger partial charge in [-0.05, 0) is 19.8 Å². The number of hydrogen-bond donors (Lipinski definition) is 0. The van der Waals surface area contributed by atoms with Gasteiger partial charge in [0, 0.05) is 32.1 Å². The van der Waals surface area contributed by atoms with Crippen LogP contribution in [0.3, 0.4) is 0 Å². The second-order valence-corrected chi connectivity index (χ2v) is 5.13. The molecule has 1 aromatic heterocycles. The lowest BCUT2D eigenvalue weighted by Gasteiger charge is -2.30. The minimum absolute atomic E-state index is 0.471. The van der Waals surface area contributed by atoms with E-state index in [-0.39, 0.29) is 0 Å². The Balaban J connectivity index is 1.82. The number of ether oxygens (including phenoxy) is 1. The lowest BCUT2D eigenvalue weighted by Crippen LogP contribution is -2.36. The van der Waals surface area contributed by atoms with E-state index in [1.807, 2.05) is 7.11 Å². The summed E-state index contributed by atoms with van der Waals surface area (Å²) in [5.74, 6) is 0. The molecule has 0 atom stereocenters. The van der Waals surface area contributed by atoms with E-state index in [0.29, 0.717) is 6.10 Å². The standard InChI is InChI=1S/C11H18N2OS/c1-9-12-10(8-15-9)7-13-5-3-11(14-2)4-6-13/h8,11H,3-7H2,1-2H3. The molecule has 15 heavy (non-hydrogen) atoms.